The number of nitrogens with zero attached hydrogens (tertiary/aromatic N) is 3. The van der Waals surface area contributed by atoms with Crippen LogP contribution in [0, 0.1) is 5.92 Å². The number of nitrogens with one attached hydrogen (secondary N) is 1. The Kier molecular flexibility index (Phi) is 7.65. The van der Waals surface area contributed by atoms with Crippen LogP contribution in [0.5, 0.6) is 0 Å². The van der Waals surface area contributed by atoms with E-state index in [1.54, 1.807) is 4.90 Å². The van der Waals surface area contributed by atoms with E-state index < -0.39 is 5.54 Å². The van der Waals surface area contributed by atoms with Gasteiger partial charge in [0.25, 0.3) is 5.91 Å². The van der Waals surface area contributed by atoms with E-state index in [1.807, 2.05) is 31.2 Å². The molecule has 29 heavy (non-hydrogen) atoms. The number of aliphatic imine (C=N–C) groups is 2. The first-order valence-corrected chi connectivity index (χ1v) is 10.5. The average Bonchev–Trinajstić information content (AvgIpc) is 2.87. The Morgan fingerprint density at radius 3 is 2.34 bits per heavy atom. The lowest BCUT2D eigenvalue weighted by atomic mass is 9.91. The third-order valence-corrected chi connectivity index (χ3v) is 5.28. The number of hydrogen-bond donors (Lipinski definition) is 3. The smallest absolute Gasteiger partial charge is 0.257 e. The van der Waals surface area contributed by atoms with Crippen molar-refractivity contribution < 1.29 is 4.79 Å². The standard InChI is InChI=1S/C22H36N6O/c1-6-18(7-2)26-20(23)25-13-16-8-10-17(11-9-16)14-28-19(29)22(5,12-15(3)4)27-21(28)24/h8-11,15,18H,6-7,12-14H2,1-5H3,(H2,24,27)(H3,23,25,26). The normalized spacial score (nSPS) is 20.0. The fraction of sp³-hybridized carbons (Fsp3) is 0.591. The number of carbonyl (C=O) groups excluding carboxylic acids is 1. The molecule has 0 fully saturated rings. The minimum Gasteiger partial charge on any atom is -0.370 e. The molecule has 0 aromatic heterocycles. The Bertz CT molecular complexity index is 751. The van der Waals surface area contributed by atoms with Gasteiger partial charge in [-0.1, -0.05) is 52.0 Å². The van der Waals surface area contributed by atoms with Crippen molar-refractivity contribution in [2.45, 2.75) is 78.6 Å². The van der Waals surface area contributed by atoms with Gasteiger partial charge in [-0.25, -0.2) is 9.98 Å². The molecule has 0 bridgehead atoms. The maximum absolute atomic E-state index is 12.9. The van der Waals surface area contributed by atoms with Crippen LogP contribution in [-0.4, -0.2) is 34.3 Å². The van der Waals surface area contributed by atoms with Crippen molar-refractivity contribution in [3.8, 4) is 0 Å². The summed E-state index contributed by atoms with van der Waals surface area (Å²) in [6.45, 7) is 11.2. The molecule has 1 heterocycles. The molecule has 0 aliphatic carbocycles. The predicted molar refractivity (Wildman–Crippen MR) is 119 cm³/mol. The zero-order chi connectivity index (χ0) is 21.6. The molecular formula is C22H36N6O. The van der Waals surface area contributed by atoms with Crippen molar-refractivity contribution in [1.29, 1.82) is 0 Å². The Morgan fingerprint density at radius 1 is 1.21 bits per heavy atom. The molecule has 1 amide bonds. The Labute approximate surface area is 174 Å². The number of rotatable bonds is 9. The fourth-order valence-electron chi connectivity index (χ4n) is 3.69. The molecule has 7 heteroatoms. The van der Waals surface area contributed by atoms with Crippen LogP contribution >= 0.6 is 0 Å². The molecule has 0 saturated carbocycles. The van der Waals surface area contributed by atoms with Crippen molar-refractivity contribution in [2.24, 2.45) is 27.4 Å². The molecule has 0 saturated heterocycles. The van der Waals surface area contributed by atoms with Gasteiger partial charge < -0.3 is 16.8 Å². The van der Waals surface area contributed by atoms with Crippen LogP contribution in [0.4, 0.5) is 0 Å². The quantitative estimate of drug-likeness (QED) is 0.437. The highest BCUT2D eigenvalue weighted by Crippen LogP contribution is 2.29. The Balaban J connectivity index is 1.97. The zero-order valence-corrected chi connectivity index (χ0v) is 18.4. The SMILES string of the molecule is CCC(CC)NC(N)=NCc1ccc(CN2C(=O)C(C)(CC(C)C)N=C2N)cc1. The molecule has 160 valence electrons. The first-order valence-electron chi connectivity index (χ1n) is 10.5. The molecule has 1 aromatic carbocycles. The van der Waals surface area contributed by atoms with Crippen LogP contribution < -0.4 is 16.8 Å². The summed E-state index contributed by atoms with van der Waals surface area (Å²) in [5.41, 5.74) is 13.3. The summed E-state index contributed by atoms with van der Waals surface area (Å²) in [6, 6.07) is 8.35. The third kappa shape index (κ3) is 5.95. The van der Waals surface area contributed by atoms with Crippen LogP contribution in [0.2, 0.25) is 0 Å². The Morgan fingerprint density at radius 2 is 1.79 bits per heavy atom. The summed E-state index contributed by atoms with van der Waals surface area (Å²) in [5, 5.41) is 3.23. The van der Waals surface area contributed by atoms with Crippen molar-refractivity contribution in [3.63, 3.8) is 0 Å². The lowest BCUT2D eigenvalue weighted by Gasteiger charge is -2.23. The summed E-state index contributed by atoms with van der Waals surface area (Å²) in [5.74, 6) is 1.11. The monoisotopic (exact) mass is 400 g/mol. The van der Waals surface area contributed by atoms with Crippen LogP contribution in [-0.2, 0) is 17.9 Å². The molecule has 2 rings (SSSR count). The first kappa shape index (κ1) is 22.7. The number of carbonyl (C=O) groups is 1. The highest BCUT2D eigenvalue weighted by Gasteiger charge is 2.43. The van der Waals surface area contributed by atoms with E-state index in [0.717, 1.165) is 24.0 Å². The average molecular weight is 401 g/mol. The minimum atomic E-state index is -0.758. The number of hydrogen-bond acceptors (Lipinski definition) is 4. The van der Waals surface area contributed by atoms with Gasteiger partial charge in [0.05, 0.1) is 13.1 Å². The van der Waals surface area contributed by atoms with Crippen molar-refractivity contribution in [3.05, 3.63) is 35.4 Å². The largest absolute Gasteiger partial charge is 0.370 e. The van der Waals surface area contributed by atoms with Crippen LogP contribution in [0.1, 0.15) is 65.0 Å². The molecule has 0 spiro atoms. The molecule has 0 radical (unpaired) electrons. The van der Waals surface area contributed by atoms with E-state index in [2.05, 4.69) is 43.0 Å². The van der Waals surface area contributed by atoms with Gasteiger partial charge in [0.2, 0.25) is 0 Å². The van der Waals surface area contributed by atoms with Gasteiger partial charge >= 0.3 is 0 Å². The fourth-order valence-corrected chi connectivity index (χ4v) is 3.69. The lowest BCUT2D eigenvalue weighted by Crippen LogP contribution is -2.43. The predicted octanol–water partition coefficient (Wildman–Crippen LogP) is 2.74. The van der Waals surface area contributed by atoms with Crippen LogP contribution in [0.25, 0.3) is 0 Å². The van der Waals surface area contributed by atoms with Gasteiger partial charge in [-0.15, -0.1) is 0 Å². The second kappa shape index (κ2) is 9.76. The van der Waals surface area contributed by atoms with Crippen molar-refractivity contribution in [1.82, 2.24) is 10.2 Å². The van der Waals surface area contributed by atoms with E-state index >= 15 is 0 Å². The van der Waals surface area contributed by atoms with Gasteiger partial charge in [-0.2, -0.15) is 0 Å². The second-order valence-electron chi connectivity index (χ2n) is 8.41. The summed E-state index contributed by atoms with van der Waals surface area (Å²) in [7, 11) is 0. The minimum absolute atomic E-state index is 0.0300. The van der Waals surface area contributed by atoms with Crippen molar-refractivity contribution >= 4 is 17.8 Å². The third-order valence-electron chi connectivity index (χ3n) is 5.28. The van der Waals surface area contributed by atoms with Gasteiger partial charge in [0.1, 0.15) is 5.54 Å². The lowest BCUT2D eigenvalue weighted by molar-refractivity contribution is -0.131. The number of nitrogens with two attached hydrogens (primary N) is 2. The Hall–Kier alpha value is -2.57. The molecule has 1 aliphatic heterocycles. The maximum Gasteiger partial charge on any atom is 0.257 e. The summed E-state index contributed by atoms with van der Waals surface area (Å²) in [4.78, 5) is 23.3. The van der Waals surface area contributed by atoms with Crippen LogP contribution in [0.3, 0.4) is 0 Å². The summed E-state index contributed by atoms with van der Waals surface area (Å²) < 4.78 is 0. The highest BCUT2D eigenvalue weighted by atomic mass is 16.2. The van der Waals surface area contributed by atoms with Gasteiger partial charge in [0, 0.05) is 6.04 Å². The van der Waals surface area contributed by atoms with E-state index in [0.29, 0.717) is 43.4 Å². The number of guanidine groups is 2. The molecular weight excluding hydrogens is 364 g/mol. The highest BCUT2D eigenvalue weighted by molar-refractivity contribution is 6.06. The van der Waals surface area contributed by atoms with E-state index in [1.165, 1.54) is 0 Å². The van der Waals surface area contributed by atoms with E-state index in [-0.39, 0.29) is 5.91 Å². The summed E-state index contributed by atoms with van der Waals surface area (Å²) >= 11 is 0. The van der Waals surface area contributed by atoms with Crippen LogP contribution in [0.15, 0.2) is 34.3 Å². The first-order chi connectivity index (χ1) is 13.7. The molecule has 1 unspecified atom stereocenters. The van der Waals surface area contributed by atoms with E-state index in [4.69, 9.17) is 11.5 Å². The summed E-state index contributed by atoms with van der Waals surface area (Å²) in [6.07, 6.45) is 2.71. The maximum atomic E-state index is 12.9. The number of amides is 1. The van der Waals surface area contributed by atoms with Gasteiger partial charge in [0.15, 0.2) is 11.9 Å². The zero-order valence-electron chi connectivity index (χ0n) is 18.4. The van der Waals surface area contributed by atoms with E-state index in [9.17, 15) is 4.79 Å². The van der Waals surface area contributed by atoms with Crippen molar-refractivity contribution in [2.75, 3.05) is 0 Å². The second-order valence-corrected chi connectivity index (χ2v) is 8.41. The molecule has 1 aliphatic rings. The molecule has 1 atom stereocenters. The van der Waals surface area contributed by atoms with Gasteiger partial charge in [-0.3, -0.25) is 9.69 Å². The number of benzene rings is 1. The van der Waals surface area contributed by atoms with Gasteiger partial charge in [-0.05, 0) is 43.2 Å². The molecule has 5 N–H and O–H groups in total. The topological polar surface area (TPSA) is 109 Å². The molecule has 1 aromatic rings. The molecule has 7 nitrogen and oxygen atoms in total.